The molecule has 0 unspecified atom stereocenters. The van der Waals surface area contributed by atoms with Gasteiger partial charge in [0.2, 0.25) is 0 Å². The third kappa shape index (κ3) is 6.82. The molecule has 0 saturated heterocycles. The third-order valence-electron chi connectivity index (χ3n) is 7.11. The molecule has 1 fully saturated rings. The summed E-state index contributed by atoms with van der Waals surface area (Å²) in [6.45, 7) is 6.06. The minimum Gasteiger partial charge on any atom is -0.465 e. The van der Waals surface area contributed by atoms with Crippen LogP contribution in [0, 0.1) is 5.92 Å². The van der Waals surface area contributed by atoms with Crippen LogP contribution in [0.25, 0.3) is 11.4 Å². The molecular formula is C30H39N3O2. The van der Waals surface area contributed by atoms with E-state index in [0.717, 1.165) is 50.8 Å². The molecule has 0 spiro atoms. The van der Waals surface area contributed by atoms with Gasteiger partial charge in [-0.2, -0.15) is 0 Å². The summed E-state index contributed by atoms with van der Waals surface area (Å²) in [7, 11) is 1.42. The van der Waals surface area contributed by atoms with E-state index in [4.69, 9.17) is 9.72 Å². The van der Waals surface area contributed by atoms with Crippen LogP contribution in [-0.4, -0.2) is 34.1 Å². The molecule has 4 rings (SSSR count). The number of hydrogen-bond donors (Lipinski definition) is 0. The van der Waals surface area contributed by atoms with Gasteiger partial charge in [-0.05, 0) is 42.9 Å². The molecule has 3 aromatic rings. The van der Waals surface area contributed by atoms with Crippen LogP contribution in [0.4, 0.5) is 0 Å². The van der Waals surface area contributed by atoms with E-state index in [-0.39, 0.29) is 5.97 Å². The molecule has 2 aromatic carbocycles. The van der Waals surface area contributed by atoms with Gasteiger partial charge in [-0.3, -0.25) is 4.90 Å². The normalized spacial score (nSPS) is 14.4. The lowest BCUT2D eigenvalue weighted by Gasteiger charge is -2.30. The monoisotopic (exact) mass is 473 g/mol. The summed E-state index contributed by atoms with van der Waals surface area (Å²) in [6.07, 6.45) is 11.1. The number of carbonyl (C=O) groups is 1. The van der Waals surface area contributed by atoms with Gasteiger partial charge in [-0.25, -0.2) is 9.78 Å². The second kappa shape index (κ2) is 12.7. The minimum atomic E-state index is -0.288. The highest BCUT2D eigenvalue weighted by molar-refractivity contribution is 5.89. The number of benzene rings is 2. The van der Waals surface area contributed by atoms with E-state index >= 15 is 0 Å². The maximum absolute atomic E-state index is 11.9. The van der Waals surface area contributed by atoms with E-state index < -0.39 is 0 Å². The maximum Gasteiger partial charge on any atom is 0.337 e. The second-order valence-corrected chi connectivity index (χ2v) is 9.81. The molecule has 0 N–H and O–H groups in total. The molecule has 0 atom stereocenters. The van der Waals surface area contributed by atoms with Crippen molar-refractivity contribution >= 4 is 5.97 Å². The second-order valence-electron chi connectivity index (χ2n) is 9.81. The Morgan fingerprint density at radius 2 is 1.77 bits per heavy atom. The third-order valence-corrected chi connectivity index (χ3v) is 7.11. The topological polar surface area (TPSA) is 47.4 Å². The van der Waals surface area contributed by atoms with Gasteiger partial charge in [-0.1, -0.05) is 75.1 Å². The summed E-state index contributed by atoms with van der Waals surface area (Å²) < 4.78 is 7.29. The molecule has 0 aliphatic heterocycles. The molecule has 0 bridgehead atoms. The first kappa shape index (κ1) is 25.2. The molecule has 5 nitrogen and oxygen atoms in total. The molecular weight excluding hydrogens is 434 g/mol. The van der Waals surface area contributed by atoms with Crippen molar-refractivity contribution in [1.29, 1.82) is 0 Å². The van der Waals surface area contributed by atoms with Crippen molar-refractivity contribution in [2.24, 2.45) is 5.92 Å². The largest absolute Gasteiger partial charge is 0.465 e. The summed E-state index contributed by atoms with van der Waals surface area (Å²) in [5.74, 6) is 1.52. The summed E-state index contributed by atoms with van der Waals surface area (Å²) in [6, 6.07) is 18.4. The molecule has 1 aromatic heterocycles. The minimum absolute atomic E-state index is 0.288. The summed E-state index contributed by atoms with van der Waals surface area (Å²) in [5, 5.41) is 0. The average Bonchev–Trinajstić information content (AvgIpc) is 3.30. The molecule has 1 heterocycles. The summed E-state index contributed by atoms with van der Waals surface area (Å²) in [5.41, 5.74) is 4.27. The molecule has 1 aliphatic rings. The lowest BCUT2D eigenvalue weighted by atomic mass is 9.89. The average molecular weight is 474 g/mol. The van der Waals surface area contributed by atoms with Gasteiger partial charge in [0, 0.05) is 31.7 Å². The van der Waals surface area contributed by atoms with Gasteiger partial charge in [0.15, 0.2) is 0 Å². The van der Waals surface area contributed by atoms with E-state index in [2.05, 4.69) is 65.1 Å². The smallest absolute Gasteiger partial charge is 0.337 e. The zero-order valence-electron chi connectivity index (χ0n) is 21.3. The van der Waals surface area contributed by atoms with Gasteiger partial charge in [0.1, 0.15) is 5.82 Å². The predicted molar refractivity (Wildman–Crippen MR) is 141 cm³/mol. The lowest BCUT2D eigenvalue weighted by molar-refractivity contribution is 0.0600. The van der Waals surface area contributed by atoms with Crippen molar-refractivity contribution in [3.63, 3.8) is 0 Å². The molecule has 0 radical (unpaired) electrons. The van der Waals surface area contributed by atoms with Gasteiger partial charge >= 0.3 is 5.97 Å². The standard InChI is InChI=1S/C30H39N3O2/c1-3-4-19-33-28(20-31-29(33)26-13-9-6-10-14-26)23-32(21-24-11-7-5-8-12-24)22-25-15-17-27(18-16-25)30(34)35-2/h6,9-10,13-18,20,24H,3-5,7-8,11-12,19,21-23H2,1-2H3. The Kier molecular flexibility index (Phi) is 9.13. The first-order chi connectivity index (χ1) is 17.2. The zero-order chi connectivity index (χ0) is 24.5. The van der Waals surface area contributed by atoms with Crippen LogP contribution in [0.2, 0.25) is 0 Å². The summed E-state index contributed by atoms with van der Waals surface area (Å²) >= 11 is 0. The van der Waals surface area contributed by atoms with Gasteiger partial charge in [-0.15, -0.1) is 0 Å². The van der Waals surface area contributed by atoms with Gasteiger partial charge < -0.3 is 9.30 Å². The highest BCUT2D eigenvalue weighted by Crippen LogP contribution is 2.27. The number of hydrogen-bond acceptors (Lipinski definition) is 4. The van der Waals surface area contributed by atoms with Gasteiger partial charge in [0.25, 0.3) is 0 Å². The van der Waals surface area contributed by atoms with Gasteiger partial charge in [0.05, 0.1) is 24.6 Å². The number of imidazole rings is 1. The molecule has 0 amide bonds. The molecule has 186 valence electrons. The first-order valence-corrected chi connectivity index (χ1v) is 13.2. The van der Waals surface area contributed by atoms with E-state index in [9.17, 15) is 4.79 Å². The number of rotatable bonds is 11. The lowest BCUT2D eigenvalue weighted by Crippen LogP contribution is -2.31. The highest BCUT2D eigenvalue weighted by atomic mass is 16.5. The SMILES string of the molecule is CCCCn1c(CN(Cc2ccc(C(=O)OC)cc2)CC2CCCCC2)cnc1-c1ccccc1. The van der Waals surface area contributed by atoms with Crippen LogP contribution in [-0.2, 0) is 24.4 Å². The Bertz CT molecular complexity index is 1050. The zero-order valence-corrected chi connectivity index (χ0v) is 21.3. The highest BCUT2D eigenvalue weighted by Gasteiger charge is 2.20. The predicted octanol–water partition coefficient (Wildman–Crippen LogP) is 6.72. The van der Waals surface area contributed by atoms with E-state index in [1.807, 2.05) is 12.1 Å². The number of methoxy groups -OCH3 is 1. The number of ether oxygens (including phenoxy) is 1. The van der Waals surface area contributed by atoms with E-state index in [1.54, 1.807) is 0 Å². The first-order valence-electron chi connectivity index (χ1n) is 13.2. The number of nitrogens with zero attached hydrogens (tertiary/aromatic N) is 3. The van der Waals surface area contributed by atoms with Crippen molar-refractivity contribution in [1.82, 2.24) is 14.5 Å². The fraction of sp³-hybridized carbons (Fsp3) is 0.467. The van der Waals surface area contributed by atoms with Crippen molar-refractivity contribution in [2.75, 3.05) is 13.7 Å². The van der Waals surface area contributed by atoms with Crippen molar-refractivity contribution in [2.45, 2.75) is 71.5 Å². The Labute approximate surface area is 210 Å². The van der Waals surface area contributed by atoms with Crippen molar-refractivity contribution in [3.05, 3.63) is 77.6 Å². The van der Waals surface area contributed by atoms with Crippen LogP contribution in [0.1, 0.15) is 73.5 Å². The maximum atomic E-state index is 11.9. The van der Waals surface area contributed by atoms with Crippen LogP contribution in [0.5, 0.6) is 0 Å². The molecule has 35 heavy (non-hydrogen) atoms. The quantitative estimate of drug-likeness (QED) is 0.290. The van der Waals surface area contributed by atoms with E-state index in [0.29, 0.717) is 5.56 Å². The molecule has 1 saturated carbocycles. The summed E-state index contributed by atoms with van der Waals surface area (Å²) in [4.78, 5) is 19.3. The molecule has 1 aliphatic carbocycles. The van der Waals surface area contributed by atoms with E-state index in [1.165, 1.54) is 56.0 Å². The fourth-order valence-electron chi connectivity index (χ4n) is 5.19. The van der Waals surface area contributed by atoms with Crippen LogP contribution in [0.15, 0.2) is 60.8 Å². The molecule has 5 heteroatoms. The Hall–Kier alpha value is -2.92. The fourth-order valence-corrected chi connectivity index (χ4v) is 5.19. The van der Waals surface area contributed by atoms with Crippen LogP contribution in [0.3, 0.4) is 0 Å². The Morgan fingerprint density at radius 1 is 1.03 bits per heavy atom. The number of esters is 1. The number of unbranched alkanes of at least 4 members (excludes halogenated alkanes) is 1. The number of aromatic nitrogens is 2. The van der Waals surface area contributed by atoms with Crippen molar-refractivity contribution < 1.29 is 9.53 Å². The van der Waals surface area contributed by atoms with Crippen molar-refractivity contribution in [3.8, 4) is 11.4 Å². The van der Waals surface area contributed by atoms with Crippen LogP contribution < -0.4 is 0 Å². The Morgan fingerprint density at radius 3 is 2.46 bits per heavy atom. The van der Waals surface area contributed by atoms with Crippen LogP contribution >= 0.6 is 0 Å². The Balaban J connectivity index is 1.57. The number of carbonyl (C=O) groups excluding carboxylic acids is 1.